The van der Waals surface area contributed by atoms with Crippen molar-refractivity contribution in [3.63, 3.8) is 0 Å². The molecular formula is C15H13N3. The SMILES string of the molecule is Nc1cc(Nc2ccccc2)nc2ccccc12. The van der Waals surface area contributed by atoms with Crippen LogP contribution in [-0.2, 0) is 0 Å². The van der Waals surface area contributed by atoms with Gasteiger partial charge in [0.15, 0.2) is 0 Å². The van der Waals surface area contributed by atoms with Gasteiger partial charge in [-0.2, -0.15) is 0 Å². The van der Waals surface area contributed by atoms with Crippen LogP contribution in [0.15, 0.2) is 60.7 Å². The van der Waals surface area contributed by atoms with E-state index in [1.807, 2.05) is 60.7 Å². The van der Waals surface area contributed by atoms with Gasteiger partial charge in [0, 0.05) is 22.8 Å². The van der Waals surface area contributed by atoms with E-state index in [2.05, 4.69) is 10.3 Å². The highest BCUT2D eigenvalue weighted by molar-refractivity contribution is 5.92. The number of fused-ring (bicyclic) bond motifs is 1. The predicted molar refractivity (Wildman–Crippen MR) is 75.9 cm³/mol. The second-order valence-corrected chi connectivity index (χ2v) is 4.10. The number of nitrogens with one attached hydrogen (secondary N) is 1. The Bertz CT molecular complexity index is 678. The summed E-state index contributed by atoms with van der Waals surface area (Å²) in [7, 11) is 0. The molecule has 88 valence electrons. The molecule has 3 aromatic rings. The molecule has 3 N–H and O–H groups in total. The Morgan fingerprint density at radius 1 is 0.889 bits per heavy atom. The van der Waals surface area contributed by atoms with Crippen molar-refractivity contribution in [2.24, 2.45) is 0 Å². The van der Waals surface area contributed by atoms with Gasteiger partial charge < -0.3 is 11.1 Å². The van der Waals surface area contributed by atoms with Crippen LogP contribution in [0.4, 0.5) is 17.2 Å². The van der Waals surface area contributed by atoms with Crippen LogP contribution >= 0.6 is 0 Å². The molecular weight excluding hydrogens is 222 g/mol. The summed E-state index contributed by atoms with van der Waals surface area (Å²) in [6.07, 6.45) is 0. The van der Waals surface area contributed by atoms with Crippen LogP contribution in [0.5, 0.6) is 0 Å². The maximum absolute atomic E-state index is 6.03. The van der Waals surface area contributed by atoms with E-state index in [1.54, 1.807) is 0 Å². The summed E-state index contributed by atoms with van der Waals surface area (Å²) < 4.78 is 0. The molecule has 0 aliphatic carbocycles. The first-order chi connectivity index (χ1) is 8.83. The zero-order valence-electron chi connectivity index (χ0n) is 9.80. The Morgan fingerprint density at radius 3 is 2.44 bits per heavy atom. The molecule has 0 amide bonds. The number of pyridine rings is 1. The van der Waals surface area contributed by atoms with Gasteiger partial charge in [0.1, 0.15) is 5.82 Å². The van der Waals surface area contributed by atoms with Crippen LogP contribution in [0.2, 0.25) is 0 Å². The summed E-state index contributed by atoms with van der Waals surface area (Å²) in [4.78, 5) is 4.54. The van der Waals surface area contributed by atoms with Crippen molar-refractivity contribution in [3.8, 4) is 0 Å². The highest BCUT2D eigenvalue weighted by atomic mass is 15.0. The minimum Gasteiger partial charge on any atom is -0.398 e. The van der Waals surface area contributed by atoms with Crippen LogP contribution in [0.3, 0.4) is 0 Å². The first kappa shape index (κ1) is 10.6. The molecule has 2 aromatic carbocycles. The molecule has 0 aliphatic heterocycles. The van der Waals surface area contributed by atoms with Gasteiger partial charge in [0.2, 0.25) is 0 Å². The first-order valence-corrected chi connectivity index (χ1v) is 5.80. The fourth-order valence-electron chi connectivity index (χ4n) is 1.94. The van der Waals surface area contributed by atoms with E-state index in [1.165, 1.54) is 0 Å². The van der Waals surface area contributed by atoms with Gasteiger partial charge in [-0.25, -0.2) is 4.98 Å². The molecule has 1 aromatic heterocycles. The lowest BCUT2D eigenvalue weighted by Crippen LogP contribution is -1.96. The van der Waals surface area contributed by atoms with Gasteiger partial charge in [-0.1, -0.05) is 36.4 Å². The lowest BCUT2D eigenvalue weighted by Gasteiger charge is -2.08. The van der Waals surface area contributed by atoms with Crippen molar-refractivity contribution < 1.29 is 0 Å². The maximum Gasteiger partial charge on any atom is 0.133 e. The quantitative estimate of drug-likeness (QED) is 0.714. The van der Waals surface area contributed by atoms with Gasteiger partial charge in [-0.05, 0) is 18.2 Å². The third-order valence-corrected chi connectivity index (χ3v) is 2.79. The molecule has 0 bridgehead atoms. The third-order valence-electron chi connectivity index (χ3n) is 2.79. The molecule has 0 radical (unpaired) electrons. The Hall–Kier alpha value is -2.55. The van der Waals surface area contributed by atoms with E-state index in [4.69, 9.17) is 5.73 Å². The minimum absolute atomic E-state index is 0.735. The zero-order chi connectivity index (χ0) is 12.4. The van der Waals surface area contributed by atoms with Crippen molar-refractivity contribution in [2.75, 3.05) is 11.1 Å². The van der Waals surface area contributed by atoms with Gasteiger partial charge in [-0.3, -0.25) is 0 Å². The number of benzene rings is 2. The molecule has 3 rings (SSSR count). The molecule has 0 unspecified atom stereocenters. The second kappa shape index (κ2) is 4.37. The van der Waals surface area contributed by atoms with E-state index in [0.717, 1.165) is 28.1 Å². The molecule has 0 aliphatic rings. The number of anilines is 3. The molecule has 0 fully saturated rings. The average Bonchev–Trinajstić information content (AvgIpc) is 2.40. The molecule has 0 saturated carbocycles. The predicted octanol–water partition coefficient (Wildman–Crippen LogP) is 3.56. The molecule has 0 atom stereocenters. The van der Waals surface area contributed by atoms with Crippen molar-refractivity contribution in [2.45, 2.75) is 0 Å². The molecule has 18 heavy (non-hydrogen) atoms. The van der Waals surface area contributed by atoms with Crippen molar-refractivity contribution in [1.29, 1.82) is 0 Å². The van der Waals surface area contributed by atoms with Crippen molar-refractivity contribution >= 4 is 28.1 Å². The van der Waals surface area contributed by atoms with Gasteiger partial charge in [0.25, 0.3) is 0 Å². The topological polar surface area (TPSA) is 50.9 Å². The maximum atomic E-state index is 6.03. The molecule has 3 nitrogen and oxygen atoms in total. The number of nitrogens with zero attached hydrogens (tertiary/aromatic N) is 1. The summed E-state index contributed by atoms with van der Waals surface area (Å²) in [5.74, 6) is 0.761. The highest BCUT2D eigenvalue weighted by Crippen LogP contribution is 2.24. The van der Waals surface area contributed by atoms with E-state index >= 15 is 0 Å². The van der Waals surface area contributed by atoms with Gasteiger partial charge >= 0.3 is 0 Å². The molecule has 3 heteroatoms. The Balaban J connectivity index is 2.03. The van der Waals surface area contributed by atoms with E-state index in [0.29, 0.717) is 0 Å². The van der Waals surface area contributed by atoms with Crippen molar-refractivity contribution in [3.05, 3.63) is 60.7 Å². The minimum atomic E-state index is 0.735. The van der Waals surface area contributed by atoms with E-state index in [9.17, 15) is 0 Å². The Kier molecular flexibility index (Phi) is 2.57. The standard InChI is InChI=1S/C15H13N3/c16-13-10-15(17-11-6-2-1-3-7-11)18-14-9-5-4-8-12(13)14/h1-10H,(H3,16,17,18). The lowest BCUT2D eigenvalue weighted by molar-refractivity contribution is 1.37. The normalized spacial score (nSPS) is 10.4. The monoisotopic (exact) mass is 235 g/mol. The second-order valence-electron chi connectivity index (χ2n) is 4.10. The third kappa shape index (κ3) is 1.98. The fourth-order valence-corrected chi connectivity index (χ4v) is 1.94. The number of nitrogens with two attached hydrogens (primary N) is 1. The number of hydrogen-bond donors (Lipinski definition) is 2. The largest absolute Gasteiger partial charge is 0.398 e. The highest BCUT2D eigenvalue weighted by Gasteiger charge is 2.02. The Labute approximate surface area is 105 Å². The number of nitrogen functional groups attached to an aromatic ring is 1. The fraction of sp³-hybridized carbons (Fsp3) is 0. The van der Waals surface area contributed by atoms with Crippen LogP contribution in [0.25, 0.3) is 10.9 Å². The average molecular weight is 235 g/mol. The first-order valence-electron chi connectivity index (χ1n) is 5.80. The zero-order valence-corrected chi connectivity index (χ0v) is 9.80. The number of aromatic nitrogens is 1. The molecule has 0 saturated heterocycles. The lowest BCUT2D eigenvalue weighted by atomic mass is 10.2. The van der Waals surface area contributed by atoms with Crippen LogP contribution in [0, 0.1) is 0 Å². The molecule has 0 spiro atoms. The summed E-state index contributed by atoms with van der Waals surface area (Å²) in [5, 5.41) is 4.23. The van der Waals surface area contributed by atoms with Crippen LogP contribution in [-0.4, -0.2) is 4.98 Å². The summed E-state index contributed by atoms with van der Waals surface area (Å²) in [6.45, 7) is 0. The van der Waals surface area contributed by atoms with E-state index in [-0.39, 0.29) is 0 Å². The van der Waals surface area contributed by atoms with Gasteiger partial charge in [-0.15, -0.1) is 0 Å². The van der Waals surface area contributed by atoms with E-state index < -0.39 is 0 Å². The number of hydrogen-bond acceptors (Lipinski definition) is 3. The smallest absolute Gasteiger partial charge is 0.133 e. The summed E-state index contributed by atoms with van der Waals surface area (Å²) >= 11 is 0. The number of rotatable bonds is 2. The number of para-hydroxylation sites is 2. The van der Waals surface area contributed by atoms with Crippen LogP contribution < -0.4 is 11.1 Å². The van der Waals surface area contributed by atoms with Crippen molar-refractivity contribution in [1.82, 2.24) is 4.98 Å². The Morgan fingerprint density at radius 2 is 1.61 bits per heavy atom. The molecule has 1 heterocycles. The summed E-state index contributed by atoms with van der Waals surface area (Å²) in [5.41, 5.74) is 8.66. The van der Waals surface area contributed by atoms with Gasteiger partial charge in [0.05, 0.1) is 5.52 Å². The summed E-state index contributed by atoms with van der Waals surface area (Å²) in [6, 6.07) is 19.6. The van der Waals surface area contributed by atoms with Crippen LogP contribution in [0.1, 0.15) is 0 Å².